The van der Waals surface area contributed by atoms with Crippen molar-refractivity contribution in [1.29, 1.82) is 5.26 Å². The van der Waals surface area contributed by atoms with Crippen LogP contribution in [0.15, 0.2) is 30.3 Å². The monoisotopic (exact) mass is 284 g/mol. The van der Waals surface area contributed by atoms with Crippen LogP contribution >= 0.6 is 0 Å². The van der Waals surface area contributed by atoms with E-state index < -0.39 is 0 Å². The zero-order valence-corrected chi connectivity index (χ0v) is 12.0. The largest absolute Gasteiger partial charge is 0.495 e. The van der Waals surface area contributed by atoms with Gasteiger partial charge in [-0.1, -0.05) is 6.07 Å². The number of nitrogens with zero attached hydrogens (tertiary/aromatic N) is 2. The van der Waals surface area contributed by atoms with Crippen molar-refractivity contribution in [2.75, 3.05) is 7.11 Å². The van der Waals surface area contributed by atoms with Crippen molar-refractivity contribution in [3.63, 3.8) is 0 Å². The van der Waals surface area contributed by atoms with E-state index in [0.29, 0.717) is 22.8 Å². The van der Waals surface area contributed by atoms with Crippen molar-refractivity contribution in [2.45, 2.75) is 20.1 Å². The number of ether oxygens (including phenoxy) is 2. The van der Waals surface area contributed by atoms with Gasteiger partial charge in [-0.15, -0.1) is 0 Å². The van der Waals surface area contributed by atoms with Gasteiger partial charge in [-0.2, -0.15) is 5.26 Å². The lowest BCUT2D eigenvalue weighted by Crippen LogP contribution is -2.02. The average molecular weight is 284 g/mol. The number of nitriles is 1. The molecule has 0 spiro atoms. The van der Waals surface area contributed by atoms with Crippen LogP contribution in [-0.2, 0) is 13.2 Å². The van der Waals surface area contributed by atoms with Gasteiger partial charge in [-0.05, 0) is 36.8 Å². The normalized spacial score (nSPS) is 10.0. The van der Waals surface area contributed by atoms with Gasteiger partial charge in [0, 0.05) is 5.69 Å². The third kappa shape index (κ3) is 3.50. The maximum absolute atomic E-state index is 9.29. The van der Waals surface area contributed by atoms with Crippen molar-refractivity contribution < 1.29 is 14.6 Å². The summed E-state index contributed by atoms with van der Waals surface area (Å²) in [5, 5.41) is 18.3. The Hall–Kier alpha value is -2.58. The lowest BCUT2D eigenvalue weighted by molar-refractivity contribution is 0.253. The highest BCUT2D eigenvalue weighted by Crippen LogP contribution is 2.22. The molecule has 21 heavy (non-hydrogen) atoms. The third-order valence-electron chi connectivity index (χ3n) is 3.00. The summed E-state index contributed by atoms with van der Waals surface area (Å²) in [4.78, 5) is 4.22. The number of benzene rings is 1. The van der Waals surface area contributed by atoms with E-state index in [1.165, 1.54) is 7.11 Å². The average Bonchev–Trinajstić information content (AvgIpc) is 2.53. The fourth-order valence-corrected chi connectivity index (χ4v) is 1.94. The van der Waals surface area contributed by atoms with Gasteiger partial charge in [0.25, 0.3) is 0 Å². The minimum Gasteiger partial charge on any atom is -0.495 e. The predicted octanol–water partition coefficient (Wildman–Crippen LogP) is 2.34. The van der Waals surface area contributed by atoms with Crippen molar-refractivity contribution in [3.05, 3.63) is 52.8 Å². The number of methoxy groups -OCH3 is 1. The highest BCUT2D eigenvalue weighted by Gasteiger charge is 2.07. The number of aromatic nitrogens is 1. The van der Waals surface area contributed by atoms with Gasteiger partial charge in [0.2, 0.25) is 0 Å². The number of rotatable bonds is 5. The standard InChI is InChI=1S/C16H16N2O3/c1-11-3-5-16(14(9-19)18-11)21-10-12-4-6-15(20-2)13(7-12)8-17/h3-7,19H,9-10H2,1-2H3. The van der Waals surface area contributed by atoms with E-state index in [1.54, 1.807) is 18.2 Å². The summed E-state index contributed by atoms with van der Waals surface area (Å²) in [7, 11) is 1.53. The van der Waals surface area contributed by atoms with E-state index in [0.717, 1.165) is 11.3 Å². The molecule has 0 bridgehead atoms. The number of aryl methyl sites for hydroxylation is 1. The first-order valence-electron chi connectivity index (χ1n) is 6.45. The van der Waals surface area contributed by atoms with Gasteiger partial charge in [-0.25, -0.2) is 0 Å². The summed E-state index contributed by atoms with van der Waals surface area (Å²) < 4.78 is 10.8. The Morgan fingerprint density at radius 2 is 2.00 bits per heavy atom. The van der Waals surface area contributed by atoms with E-state index in [9.17, 15) is 5.11 Å². The van der Waals surface area contributed by atoms with E-state index >= 15 is 0 Å². The Bertz CT molecular complexity index is 678. The van der Waals surface area contributed by atoms with E-state index in [4.69, 9.17) is 14.7 Å². The summed E-state index contributed by atoms with van der Waals surface area (Å²) in [6.45, 7) is 1.96. The number of aliphatic hydroxyl groups excluding tert-OH is 1. The van der Waals surface area contributed by atoms with Crippen LogP contribution in [-0.4, -0.2) is 17.2 Å². The maximum Gasteiger partial charge on any atom is 0.143 e. The van der Waals surface area contributed by atoms with Gasteiger partial charge in [0.1, 0.15) is 29.9 Å². The fourth-order valence-electron chi connectivity index (χ4n) is 1.94. The summed E-state index contributed by atoms with van der Waals surface area (Å²) in [5.74, 6) is 1.08. The first kappa shape index (κ1) is 14.8. The summed E-state index contributed by atoms with van der Waals surface area (Å²) >= 11 is 0. The third-order valence-corrected chi connectivity index (χ3v) is 3.00. The first-order chi connectivity index (χ1) is 10.2. The van der Waals surface area contributed by atoms with E-state index in [1.807, 2.05) is 19.1 Å². The van der Waals surface area contributed by atoms with Gasteiger partial charge >= 0.3 is 0 Å². The topological polar surface area (TPSA) is 75.4 Å². The summed E-state index contributed by atoms with van der Waals surface area (Å²) in [5.41, 5.74) is 2.63. The molecule has 108 valence electrons. The Kier molecular flexibility index (Phi) is 4.75. The fraction of sp³-hybridized carbons (Fsp3) is 0.250. The Balaban J connectivity index is 2.15. The lowest BCUT2D eigenvalue weighted by atomic mass is 10.1. The van der Waals surface area contributed by atoms with Crippen LogP contribution in [0.1, 0.15) is 22.5 Å². The molecule has 1 N–H and O–H groups in total. The molecule has 0 fully saturated rings. The Morgan fingerprint density at radius 1 is 1.24 bits per heavy atom. The Morgan fingerprint density at radius 3 is 2.67 bits per heavy atom. The number of aliphatic hydroxyl groups is 1. The van der Waals surface area contributed by atoms with Crippen LogP contribution in [0.3, 0.4) is 0 Å². The van der Waals surface area contributed by atoms with Crippen molar-refractivity contribution in [1.82, 2.24) is 4.98 Å². The second kappa shape index (κ2) is 6.73. The lowest BCUT2D eigenvalue weighted by Gasteiger charge is -2.11. The molecule has 0 unspecified atom stereocenters. The first-order valence-corrected chi connectivity index (χ1v) is 6.45. The molecule has 0 saturated carbocycles. The molecule has 1 aromatic carbocycles. The minimum absolute atomic E-state index is 0.178. The molecule has 0 amide bonds. The summed E-state index contributed by atoms with van der Waals surface area (Å²) in [6.07, 6.45) is 0. The van der Waals surface area contributed by atoms with Crippen LogP contribution in [0, 0.1) is 18.3 Å². The van der Waals surface area contributed by atoms with Crippen molar-refractivity contribution >= 4 is 0 Å². The molecule has 0 aliphatic heterocycles. The van der Waals surface area contributed by atoms with Crippen molar-refractivity contribution in [3.8, 4) is 17.6 Å². The Labute approximate surface area is 123 Å². The molecule has 5 heteroatoms. The van der Waals surface area contributed by atoms with Crippen LogP contribution < -0.4 is 9.47 Å². The van der Waals surface area contributed by atoms with Crippen LogP contribution in [0.2, 0.25) is 0 Å². The zero-order valence-electron chi connectivity index (χ0n) is 12.0. The number of pyridine rings is 1. The molecular formula is C16H16N2O3. The number of hydrogen-bond acceptors (Lipinski definition) is 5. The molecule has 2 rings (SSSR count). The smallest absolute Gasteiger partial charge is 0.143 e. The van der Waals surface area contributed by atoms with E-state index in [-0.39, 0.29) is 13.2 Å². The summed E-state index contributed by atoms with van der Waals surface area (Å²) in [6, 6.07) is 11.0. The zero-order chi connectivity index (χ0) is 15.2. The van der Waals surface area contributed by atoms with Crippen LogP contribution in [0.5, 0.6) is 11.5 Å². The van der Waals surface area contributed by atoms with Gasteiger partial charge in [0.15, 0.2) is 0 Å². The van der Waals surface area contributed by atoms with Crippen LogP contribution in [0.4, 0.5) is 0 Å². The molecule has 0 saturated heterocycles. The minimum atomic E-state index is -0.178. The molecule has 0 aliphatic rings. The van der Waals surface area contributed by atoms with Crippen LogP contribution in [0.25, 0.3) is 0 Å². The highest BCUT2D eigenvalue weighted by molar-refractivity contribution is 5.45. The molecule has 0 atom stereocenters. The quantitative estimate of drug-likeness (QED) is 0.912. The van der Waals surface area contributed by atoms with Crippen molar-refractivity contribution in [2.24, 2.45) is 0 Å². The molecular weight excluding hydrogens is 268 g/mol. The van der Waals surface area contributed by atoms with Gasteiger partial charge in [0.05, 0.1) is 19.3 Å². The molecule has 1 heterocycles. The molecule has 2 aromatic rings. The SMILES string of the molecule is COc1ccc(COc2ccc(C)nc2CO)cc1C#N. The highest BCUT2D eigenvalue weighted by atomic mass is 16.5. The predicted molar refractivity (Wildman–Crippen MR) is 76.9 cm³/mol. The second-order valence-electron chi connectivity index (χ2n) is 4.49. The molecule has 0 aliphatic carbocycles. The van der Waals surface area contributed by atoms with E-state index in [2.05, 4.69) is 11.1 Å². The van der Waals surface area contributed by atoms with Gasteiger partial charge < -0.3 is 14.6 Å². The maximum atomic E-state index is 9.29. The molecule has 5 nitrogen and oxygen atoms in total. The number of hydrogen-bond donors (Lipinski definition) is 1. The van der Waals surface area contributed by atoms with Gasteiger partial charge in [-0.3, -0.25) is 4.98 Å². The second-order valence-corrected chi connectivity index (χ2v) is 4.49. The molecule has 0 radical (unpaired) electrons. The molecule has 1 aromatic heterocycles.